The summed E-state index contributed by atoms with van der Waals surface area (Å²) < 4.78 is 31.1. The third-order valence-electron chi connectivity index (χ3n) is 4.03. The van der Waals surface area contributed by atoms with Crippen molar-refractivity contribution in [2.24, 2.45) is 0 Å². The molecule has 2 aromatic rings. The number of carbonyl (C=O) groups is 1. The third kappa shape index (κ3) is 5.24. The first-order valence-corrected chi connectivity index (χ1v) is 11.0. The number of amides is 1. The molecule has 0 fully saturated rings. The van der Waals surface area contributed by atoms with E-state index in [0.29, 0.717) is 17.7 Å². The quantitative estimate of drug-likeness (QED) is 0.679. The smallest absolute Gasteiger partial charge is 0.242 e. The highest BCUT2D eigenvalue weighted by Gasteiger charge is 2.19. The summed E-state index contributed by atoms with van der Waals surface area (Å²) in [6.07, 6.45) is 2.53. The maximum Gasteiger partial charge on any atom is 0.242 e. The van der Waals surface area contributed by atoms with Crippen molar-refractivity contribution in [1.82, 2.24) is 4.31 Å². The summed E-state index contributed by atoms with van der Waals surface area (Å²) in [5, 5.41) is 2.91. The summed E-state index contributed by atoms with van der Waals surface area (Å²) in [7, 11) is 0.940. The maximum absolute atomic E-state index is 12.4. The highest BCUT2D eigenvalue weighted by Crippen LogP contribution is 2.27. The molecule has 8 heteroatoms. The maximum atomic E-state index is 12.4. The molecule has 0 unspecified atom stereocenters. The number of sulfonamides is 1. The molecule has 2 aromatic carbocycles. The van der Waals surface area contributed by atoms with E-state index in [-0.39, 0.29) is 17.2 Å². The minimum absolute atomic E-state index is 0.139. The summed E-state index contributed by atoms with van der Waals surface area (Å²) in [6, 6.07) is 12.3. The Labute approximate surface area is 165 Å². The van der Waals surface area contributed by atoms with Crippen molar-refractivity contribution in [3.63, 3.8) is 0 Å². The molecule has 0 radical (unpaired) electrons. The SMILES string of the molecule is COc1ccc(S(=O)(=O)N(C)C)cc1CCC(=O)Nc1ccccc1SC. The van der Waals surface area contributed by atoms with E-state index < -0.39 is 10.0 Å². The topological polar surface area (TPSA) is 75.7 Å². The predicted molar refractivity (Wildman–Crippen MR) is 109 cm³/mol. The van der Waals surface area contributed by atoms with Gasteiger partial charge < -0.3 is 10.1 Å². The van der Waals surface area contributed by atoms with Gasteiger partial charge in [-0.1, -0.05) is 12.1 Å². The average molecular weight is 409 g/mol. The van der Waals surface area contributed by atoms with E-state index in [9.17, 15) is 13.2 Å². The molecule has 1 N–H and O–H groups in total. The summed E-state index contributed by atoms with van der Waals surface area (Å²) in [5.74, 6) is 0.421. The molecule has 0 saturated heterocycles. The molecule has 6 nitrogen and oxygen atoms in total. The molecule has 0 aliphatic heterocycles. The van der Waals surface area contributed by atoms with E-state index in [0.717, 1.165) is 14.9 Å². The molecule has 0 saturated carbocycles. The summed E-state index contributed by atoms with van der Waals surface area (Å²) in [6.45, 7) is 0. The number of thioether (sulfide) groups is 1. The third-order valence-corrected chi connectivity index (χ3v) is 6.64. The van der Waals surface area contributed by atoms with Gasteiger partial charge in [0, 0.05) is 25.4 Å². The number of aryl methyl sites for hydroxylation is 1. The molecule has 0 aromatic heterocycles. The summed E-state index contributed by atoms with van der Waals surface area (Å²) in [4.78, 5) is 13.5. The van der Waals surface area contributed by atoms with Crippen LogP contribution >= 0.6 is 11.8 Å². The van der Waals surface area contributed by atoms with Crippen molar-refractivity contribution in [3.05, 3.63) is 48.0 Å². The molecular weight excluding hydrogens is 384 g/mol. The van der Waals surface area contributed by atoms with Crippen LogP contribution in [0.4, 0.5) is 5.69 Å². The Kier molecular flexibility index (Phi) is 7.29. The fraction of sp³-hybridized carbons (Fsp3) is 0.316. The number of rotatable bonds is 8. The predicted octanol–water partition coefficient (Wildman–Crippen LogP) is 3.24. The van der Waals surface area contributed by atoms with Crippen LogP contribution in [0.1, 0.15) is 12.0 Å². The van der Waals surface area contributed by atoms with Gasteiger partial charge in [0.25, 0.3) is 0 Å². The second-order valence-corrected chi connectivity index (χ2v) is 9.01. The van der Waals surface area contributed by atoms with Crippen molar-refractivity contribution >= 4 is 33.4 Å². The molecule has 2 rings (SSSR count). The van der Waals surface area contributed by atoms with Crippen molar-refractivity contribution in [3.8, 4) is 5.75 Å². The Morgan fingerprint density at radius 1 is 1.19 bits per heavy atom. The normalized spacial score (nSPS) is 11.4. The molecule has 0 atom stereocenters. The lowest BCUT2D eigenvalue weighted by Crippen LogP contribution is -2.22. The van der Waals surface area contributed by atoms with Crippen LogP contribution in [0.3, 0.4) is 0 Å². The van der Waals surface area contributed by atoms with Gasteiger partial charge in [0.15, 0.2) is 0 Å². The lowest BCUT2D eigenvalue weighted by Gasteiger charge is -2.15. The molecule has 0 aliphatic rings. The van der Waals surface area contributed by atoms with Crippen molar-refractivity contribution in [2.75, 3.05) is 32.8 Å². The number of methoxy groups -OCH3 is 1. The van der Waals surface area contributed by atoms with Crippen LogP contribution < -0.4 is 10.1 Å². The van der Waals surface area contributed by atoms with Crippen LogP contribution in [0.2, 0.25) is 0 Å². The van der Waals surface area contributed by atoms with E-state index in [4.69, 9.17) is 4.74 Å². The highest BCUT2D eigenvalue weighted by atomic mass is 32.2. The second kappa shape index (κ2) is 9.25. The lowest BCUT2D eigenvalue weighted by molar-refractivity contribution is -0.116. The van der Waals surface area contributed by atoms with E-state index in [1.807, 2.05) is 30.5 Å². The van der Waals surface area contributed by atoms with Crippen molar-refractivity contribution in [1.29, 1.82) is 0 Å². The zero-order chi connectivity index (χ0) is 20.0. The van der Waals surface area contributed by atoms with Crippen LogP contribution in [0.5, 0.6) is 5.75 Å². The number of nitrogens with zero attached hydrogens (tertiary/aromatic N) is 1. The fourth-order valence-electron chi connectivity index (χ4n) is 2.53. The van der Waals surface area contributed by atoms with Gasteiger partial charge >= 0.3 is 0 Å². The van der Waals surface area contributed by atoms with Crippen LogP contribution in [0, 0.1) is 0 Å². The Bertz CT molecular complexity index is 912. The molecule has 0 heterocycles. The minimum Gasteiger partial charge on any atom is -0.496 e. The van der Waals surface area contributed by atoms with Crippen LogP contribution in [0.15, 0.2) is 52.3 Å². The Morgan fingerprint density at radius 3 is 2.52 bits per heavy atom. The number of hydrogen-bond donors (Lipinski definition) is 1. The van der Waals surface area contributed by atoms with Crippen molar-refractivity contribution < 1.29 is 17.9 Å². The Balaban J connectivity index is 2.15. The van der Waals surface area contributed by atoms with Gasteiger partial charge in [-0.3, -0.25) is 4.79 Å². The minimum atomic E-state index is -3.55. The summed E-state index contributed by atoms with van der Waals surface area (Å²) in [5.41, 5.74) is 1.44. The first-order valence-electron chi connectivity index (χ1n) is 8.32. The average Bonchev–Trinajstić information content (AvgIpc) is 2.66. The molecule has 0 bridgehead atoms. The summed E-state index contributed by atoms with van der Waals surface area (Å²) >= 11 is 1.56. The number of anilines is 1. The fourth-order valence-corrected chi connectivity index (χ4v) is 4.04. The number of carbonyl (C=O) groups excluding carboxylic acids is 1. The lowest BCUT2D eigenvalue weighted by atomic mass is 10.1. The van der Waals surface area contributed by atoms with Gasteiger partial charge in [-0.15, -0.1) is 11.8 Å². The highest BCUT2D eigenvalue weighted by molar-refractivity contribution is 7.98. The molecular formula is C19H24N2O4S2. The van der Waals surface area contributed by atoms with Gasteiger partial charge in [0.2, 0.25) is 15.9 Å². The van der Waals surface area contributed by atoms with Gasteiger partial charge in [0.1, 0.15) is 5.75 Å². The second-order valence-electron chi connectivity index (χ2n) is 6.01. The number of hydrogen-bond acceptors (Lipinski definition) is 5. The van der Waals surface area contributed by atoms with E-state index in [1.165, 1.54) is 27.3 Å². The Morgan fingerprint density at radius 2 is 1.89 bits per heavy atom. The van der Waals surface area contributed by atoms with Gasteiger partial charge in [-0.25, -0.2) is 12.7 Å². The van der Waals surface area contributed by atoms with E-state index in [2.05, 4.69) is 5.32 Å². The largest absolute Gasteiger partial charge is 0.496 e. The zero-order valence-corrected chi connectivity index (χ0v) is 17.5. The molecule has 0 aliphatic carbocycles. The van der Waals surface area contributed by atoms with E-state index in [1.54, 1.807) is 23.9 Å². The first kappa shape index (κ1) is 21.3. The standard InChI is InChI=1S/C19H24N2O4S2/c1-21(2)27(23,24)15-10-11-17(25-3)14(13-15)9-12-19(22)20-16-7-5-6-8-18(16)26-4/h5-8,10-11,13H,9,12H2,1-4H3,(H,20,22). The van der Waals surface area contributed by atoms with E-state index >= 15 is 0 Å². The van der Waals surface area contributed by atoms with Crippen LogP contribution in [0.25, 0.3) is 0 Å². The monoisotopic (exact) mass is 408 g/mol. The van der Waals surface area contributed by atoms with Gasteiger partial charge in [0.05, 0.1) is 17.7 Å². The Hall–Kier alpha value is -2.03. The van der Waals surface area contributed by atoms with Gasteiger partial charge in [-0.05, 0) is 48.6 Å². The molecule has 27 heavy (non-hydrogen) atoms. The van der Waals surface area contributed by atoms with Crippen molar-refractivity contribution in [2.45, 2.75) is 22.6 Å². The van der Waals surface area contributed by atoms with Crippen LogP contribution in [-0.2, 0) is 21.2 Å². The number of benzene rings is 2. The number of ether oxygens (including phenoxy) is 1. The zero-order valence-electron chi connectivity index (χ0n) is 15.9. The molecule has 0 spiro atoms. The number of nitrogens with one attached hydrogen (secondary N) is 1. The molecule has 146 valence electrons. The van der Waals surface area contributed by atoms with Crippen LogP contribution in [-0.4, -0.2) is 46.1 Å². The number of para-hydroxylation sites is 1. The first-order chi connectivity index (χ1) is 12.8. The molecule has 1 amide bonds. The van der Waals surface area contributed by atoms with Gasteiger partial charge in [-0.2, -0.15) is 0 Å².